The summed E-state index contributed by atoms with van der Waals surface area (Å²) in [5.41, 5.74) is 2.35. The highest BCUT2D eigenvalue weighted by atomic mass is 16.3. The van der Waals surface area contributed by atoms with Gasteiger partial charge in [-0.3, -0.25) is 9.59 Å². The van der Waals surface area contributed by atoms with Gasteiger partial charge in [0.05, 0.1) is 11.4 Å². The van der Waals surface area contributed by atoms with E-state index >= 15 is 0 Å². The molecule has 0 atom stereocenters. The molecule has 1 aromatic carbocycles. The molecular weight excluding hydrogens is 332 g/mol. The molecule has 0 fully saturated rings. The van der Waals surface area contributed by atoms with Gasteiger partial charge in [-0.1, -0.05) is 24.3 Å². The highest BCUT2D eigenvalue weighted by Gasteiger charge is 2.07. The predicted molar refractivity (Wildman–Crippen MR) is 98.9 cm³/mol. The first-order valence-corrected chi connectivity index (χ1v) is 8.22. The molecule has 3 aromatic rings. The lowest BCUT2D eigenvalue weighted by Gasteiger charge is -2.13. The molecular formula is C20H20N2O4. The summed E-state index contributed by atoms with van der Waals surface area (Å²) in [5, 5.41) is 19.5. The second-order valence-electron chi connectivity index (χ2n) is 6.30. The molecule has 0 bridgehead atoms. The van der Waals surface area contributed by atoms with Crippen molar-refractivity contribution in [2.24, 2.45) is 0 Å². The number of aromatic hydroxyl groups is 2. The molecule has 0 amide bonds. The standard InChI is InChI=1S/C20H20N2O4/c1-13-19(25)17(23)7-9-21(13)11-15-3-5-16(6-4-15)12-22-10-8-18(24)20(26)14(22)2/h3-10,25-26H,11-12H2,1-2H3. The zero-order valence-corrected chi connectivity index (χ0v) is 14.6. The lowest BCUT2D eigenvalue weighted by atomic mass is 10.1. The molecule has 2 N–H and O–H groups in total. The van der Waals surface area contributed by atoms with Crippen LogP contribution >= 0.6 is 0 Å². The number of pyridine rings is 2. The topological polar surface area (TPSA) is 84.5 Å². The summed E-state index contributed by atoms with van der Waals surface area (Å²) in [6, 6.07) is 10.6. The maximum absolute atomic E-state index is 11.4. The highest BCUT2D eigenvalue weighted by Crippen LogP contribution is 2.15. The van der Waals surface area contributed by atoms with Crippen LogP contribution in [0.15, 0.2) is 58.4 Å². The van der Waals surface area contributed by atoms with E-state index in [4.69, 9.17) is 0 Å². The van der Waals surface area contributed by atoms with Crippen molar-refractivity contribution in [1.29, 1.82) is 0 Å². The molecule has 134 valence electrons. The molecule has 0 aliphatic rings. The Balaban J connectivity index is 1.79. The molecule has 0 aliphatic heterocycles. The van der Waals surface area contributed by atoms with Crippen molar-refractivity contribution in [3.05, 3.63) is 91.8 Å². The van der Waals surface area contributed by atoms with E-state index in [0.717, 1.165) is 11.1 Å². The predicted octanol–water partition coefficient (Wildman–Crippen LogP) is 2.13. The van der Waals surface area contributed by atoms with Crippen LogP contribution in [0.25, 0.3) is 0 Å². The monoisotopic (exact) mass is 352 g/mol. The summed E-state index contributed by atoms with van der Waals surface area (Å²) in [7, 11) is 0. The van der Waals surface area contributed by atoms with Gasteiger partial charge in [0.25, 0.3) is 0 Å². The minimum Gasteiger partial charge on any atom is -0.503 e. The first-order chi connectivity index (χ1) is 12.4. The van der Waals surface area contributed by atoms with Gasteiger partial charge in [-0.2, -0.15) is 0 Å². The lowest BCUT2D eigenvalue weighted by Crippen LogP contribution is -2.11. The van der Waals surface area contributed by atoms with Gasteiger partial charge in [-0.15, -0.1) is 0 Å². The van der Waals surface area contributed by atoms with Crippen LogP contribution in [0.4, 0.5) is 0 Å². The minimum absolute atomic E-state index is 0.224. The van der Waals surface area contributed by atoms with E-state index in [2.05, 4.69) is 0 Å². The number of benzene rings is 1. The van der Waals surface area contributed by atoms with Crippen LogP contribution in [0.3, 0.4) is 0 Å². The Hall–Kier alpha value is -3.28. The van der Waals surface area contributed by atoms with E-state index in [1.807, 2.05) is 33.4 Å². The maximum Gasteiger partial charge on any atom is 0.223 e. The summed E-state index contributed by atoms with van der Waals surface area (Å²) in [5.74, 6) is -0.449. The minimum atomic E-state index is -0.381. The van der Waals surface area contributed by atoms with Crippen molar-refractivity contribution < 1.29 is 10.2 Å². The first kappa shape index (κ1) is 17.5. The average molecular weight is 352 g/mol. The molecule has 0 unspecified atom stereocenters. The van der Waals surface area contributed by atoms with Crippen molar-refractivity contribution in [1.82, 2.24) is 9.13 Å². The van der Waals surface area contributed by atoms with Crippen LogP contribution in [0.2, 0.25) is 0 Å². The van der Waals surface area contributed by atoms with Gasteiger partial charge in [0.2, 0.25) is 10.9 Å². The summed E-state index contributed by atoms with van der Waals surface area (Å²) in [4.78, 5) is 22.9. The Morgan fingerprint density at radius 2 is 1.04 bits per heavy atom. The number of aromatic nitrogens is 2. The zero-order chi connectivity index (χ0) is 18.8. The van der Waals surface area contributed by atoms with E-state index in [-0.39, 0.29) is 22.4 Å². The van der Waals surface area contributed by atoms with Crippen LogP contribution in [0.5, 0.6) is 11.5 Å². The van der Waals surface area contributed by atoms with E-state index in [1.54, 1.807) is 26.2 Å². The summed E-state index contributed by atoms with van der Waals surface area (Å²) in [6.07, 6.45) is 3.33. The maximum atomic E-state index is 11.4. The van der Waals surface area contributed by atoms with E-state index in [0.29, 0.717) is 24.5 Å². The van der Waals surface area contributed by atoms with Gasteiger partial charge in [0, 0.05) is 37.6 Å². The number of nitrogens with zero attached hydrogens (tertiary/aromatic N) is 2. The van der Waals surface area contributed by atoms with Crippen molar-refractivity contribution >= 4 is 0 Å². The fourth-order valence-corrected chi connectivity index (χ4v) is 2.81. The van der Waals surface area contributed by atoms with E-state index < -0.39 is 0 Å². The summed E-state index contributed by atoms with van der Waals surface area (Å²) >= 11 is 0. The molecule has 26 heavy (non-hydrogen) atoms. The first-order valence-electron chi connectivity index (χ1n) is 8.22. The largest absolute Gasteiger partial charge is 0.503 e. The van der Waals surface area contributed by atoms with Crippen LogP contribution in [0.1, 0.15) is 22.5 Å². The quantitative estimate of drug-likeness (QED) is 0.753. The number of hydrogen-bond donors (Lipinski definition) is 2. The second-order valence-corrected chi connectivity index (χ2v) is 6.30. The van der Waals surface area contributed by atoms with Gasteiger partial charge in [-0.25, -0.2) is 0 Å². The Kier molecular flexibility index (Phi) is 4.67. The molecule has 2 heterocycles. The summed E-state index contributed by atoms with van der Waals surface area (Å²) in [6.45, 7) is 4.49. The Morgan fingerprint density at radius 3 is 1.38 bits per heavy atom. The second kappa shape index (κ2) is 6.92. The van der Waals surface area contributed by atoms with Gasteiger partial charge in [-0.05, 0) is 25.0 Å². The Morgan fingerprint density at radius 1 is 0.692 bits per heavy atom. The molecule has 6 nitrogen and oxygen atoms in total. The lowest BCUT2D eigenvalue weighted by molar-refractivity contribution is 0.454. The van der Waals surface area contributed by atoms with Gasteiger partial charge in [0.1, 0.15) is 0 Å². The number of rotatable bonds is 4. The van der Waals surface area contributed by atoms with Crippen LogP contribution in [-0.4, -0.2) is 19.3 Å². The highest BCUT2D eigenvalue weighted by molar-refractivity contribution is 5.29. The smallest absolute Gasteiger partial charge is 0.223 e. The molecule has 0 aliphatic carbocycles. The van der Waals surface area contributed by atoms with E-state index in [9.17, 15) is 19.8 Å². The fourth-order valence-electron chi connectivity index (χ4n) is 2.81. The SMILES string of the molecule is Cc1c(O)c(=O)ccn1Cc1ccc(Cn2ccc(=O)c(O)c2C)cc1. The molecule has 6 heteroatoms. The third-order valence-electron chi connectivity index (χ3n) is 4.55. The van der Waals surface area contributed by atoms with Crippen LogP contribution in [0, 0.1) is 13.8 Å². The third kappa shape index (κ3) is 3.39. The van der Waals surface area contributed by atoms with Crippen molar-refractivity contribution in [2.75, 3.05) is 0 Å². The number of hydrogen-bond acceptors (Lipinski definition) is 4. The van der Waals surface area contributed by atoms with E-state index in [1.165, 1.54) is 12.1 Å². The molecule has 0 radical (unpaired) electrons. The Labute approximate surface area is 150 Å². The van der Waals surface area contributed by atoms with Crippen LogP contribution < -0.4 is 10.9 Å². The molecule has 0 saturated carbocycles. The zero-order valence-electron chi connectivity index (χ0n) is 14.6. The third-order valence-corrected chi connectivity index (χ3v) is 4.55. The summed E-state index contributed by atoms with van der Waals surface area (Å²) < 4.78 is 3.63. The van der Waals surface area contributed by atoms with Gasteiger partial charge < -0.3 is 19.3 Å². The van der Waals surface area contributed by atoms with Gasteiger partial charge in [0.15, 0.2) is 11.5 Å². The average Bonchev–Trinajstić information content (AvgIpc) is 2.64. The fraction of sp³-hybridized carbons (Fsp3) is 0.200. The molecule has 0 saturated heterocycles. The molecule has 0 spiro atoms. The van der Waals surface area contributed by atoms with Crippen molar-refractivity contribution in [2.45, 2.75) is 26.9 Å². The van der Waals surface area contributed by atoms with Crippen molar-refractivity contribution in [3.63, 3.8) is 0 Å². The molecule has 2 aromatic heterocycles. The van der Waals surface area contributed by atoms with Gasteiger partial charge >= 0.3 is 0 Å². The Bertz CT molecular complexity index is 976. The van der Waals surface area contributed by atoms with Crippen molar-refractivity contribution in [3.8, 4) is 11.5 Å². The molecule has 3 rings (SSSR count). The normalized spacial score (nSPS) is 10.8. The van der Waals surface area contributed by atoms with Crippen LogP contribution in [-0.2, 0) is 13.1 Å².